The molecular weight excluding hydrogens is 438 g/mol. The number of halogens is 1. The summed E-state index contributed by atoms with van der Waals surface area (Å²) in [6, 6.07) is 21.9. The Kier molecular flexibility index (Phi) is 7.06. The highest BCUT2D eigenvalue weighted by Crippen LogP contribution is 2.28. The van der Waals surface area contributed by atoms with Gasteiger partial charge >= 0.3 is 0 Å². The van der Waals surface area contributed by atoms with Gasteiger partial charge in [0.2, 0.25) is 0 Å². The van der Waals surface area contributed by atoms with Crippen molar-refractivity contribution in [2.75, 3.05) is 18.0 Å². The van der Waals surface area contributed by atoms with Gasteiger partial charge in [-0.05, 0) is 50.1 Å². The maximum absolute atomic E-state index is 13.6. The molecule has 1 aliphatic heterocycles. The fraction of sp³-hybridized carbons (Fsp3) is 0.269. The van der Waals surface area contributed by atoms with Gasteiger partial charge in [-0.15, -0.1) is 0 Å². The van der Waals surface area contributed by atoms with Gasteiger partial charge in [0.05, 0.1) is 4.92 Å². The highest BCUT2D eigenvalue weighted by Gasteiger charge is 2.30. The summed E-state index contributed by atoms with van der Waals surface area (Å²) in [5, 5.41) is 11.9. The molecule has 1 aliphatic rings. The van der Waals surface area contributed by atoms with Crippen molar-refractivity contribution in [1.82, 2.24) is 4.90 Å². The molecule has 3 aromatic rings. The number of hydrogen-bond acceptors (Lipinski definition) is 4. The quantitative estimate of drug-likeness (QED) is 0.339. The first-order chi connectivity index (χ1) is 15.9. The average Bonchev–Trinajstić information content (AvgIpc) is 2.82. The first kappa shape index (κ1) is 23.0. The van der Waals surface area contributed by atoms with Gasteiger partial charge in [-0.1, -0.05) is 53.6 Å². The second-order valence-corrected chi connectivity index (χ2v) is 8.85. The number of hydrogen-bond donors (Lipinski definition) is 0. The summed E-state index contributed by atoms with van der Waals surface area (Å²) in [7, 11) is 0. The van der Waals surface area contributed by atoms with E-state index in [1.807, 2.05) is 48.2 Å². The summed E-state index contributed by atoms with van der Waals surface area (Å²) >= 11 is 6.15. The van der Waals surface area contributed by atoms with E-state index in [-0.39, 0.29) is 22.6 Å². The zero-order chi connectivity index (χ0) is 23.4. The number of anilines is 1. The van der Waals surface area contributed by atoms with Crippen LogP contribution in [0.2, 0.25) is 5.02 Å². The number of benzene rings is 3. The minimum atomic E-state index is -0.329. The molecule has 1 saturated heterocycles. The maximum Gasteiger partial charge on any atom is 0.273 e. The Bertz CT molecular complexity index is 1140. The van der Waals surface area contributed by atoms with Gasteiger partial charge in [-0.25, -0.2) is 0 Å². The second kappa shape index (κ2) is 10.1. The number of carbonyl (C=O) groups is 1. The van der Waals surface area contributed by atoms with Crippen molar-refractivity contribution in [3.8, 4) is 0 Å². The fourth-order valence-corrected chi connectivity index (χ4v) is 4.55. The van der Waals surface area contributed by atoms with E-state index in [2.05, 4.69) is 4.90 Å². The summed E-state index contributed by atoms with van der Waals surface area (Å²) in [6.07, 6.45) is 1.56. The van der Waals surface area contributed by atoms with Crippen LogP contribution in [0.1, 0.15) is 34.3 Å². The van der Waals surface area contributed by atoms with Crippen LogP contribution in [0.3, 0.4) is 0 Å². The third-order valence-corrected chi connectivity index (χ3v) is 6.34. The Morgan fingerprint density at radius 3 is 2.42 bits per heavy atom. The molecule has 3 aromatic carbocycles. The number of rotatable bonds is 6. The molecule has 1 amide bonds. The van der Waals surface area contributed by atoms with Crippen LogP contribution in [0.5, 0.6) is 0 Å². The number of para-hydroxylation sites is 1. The van der Waals surface area contributed by atoms with Crippen molar-refractivity contribution in [3.05, 3.63) is 105 Å². The SMILES string of the molecule is Cc1ccc(N(C(=O)c2cccc(Cl)c2)C2CCN(Cc3ccccc3[N+](=O)[O-])CC2)cc1. The van der Waals surface area contributed by atoms with Gasteiger partial charge < -0.3 is 4.90 Å². The highest BCUT2D eigenvalue weighted by atomic mass is 35.5. The van der Waals surface area contributed by atoms with Gasteiger partial charge in [-0.3, -0.25) is 19.8 Å². The molecule has 0 N–H and O–H groups in total. The zero-order valence-electron chi connectivity index (χ0n) is 18.5. The lowest BCUT2D eigenvalue weighted by Crippen LogP contribution is -2.47. The minimum Gasteiger partial charge on any atom is -0.305 e. The van der Waals surface area contributed by atoms with Crippen LogP contribution in [0.4, 0.5) is 11.4 Å². The summed E-state index contributed by atoms with van der Waals surface area (Å²) in [5.74, 6) is -0.0708. The third-order valence-electron chi connectivity index (χ3n) is 6.11. The molecular formula is C26H26ClN3O3. The van der Waals surface area contributed by atoms with Crippen molar-refractivity contribution in [3.63, 3.8) is 0 Å². The fourth-order valence-electron chi connectivity index (χ4n) is 4.36. The minimum absolute atomic E-state index is 0.0289. The van der Waals surface area contributed by atoms with Crippen molar-refractivity contribution in [2.45, 2.75) is 32.4 Å². The van der Waals surface area contributed by atoms with E-state index in [1.54, 1.807) is 36.4 Å². The molecule has 33 heavy (non-hydrogen) atoms. The van der Waals surface area contributed by atoms with E-state index < -0.39 is 0 Å². The number of likely N-dealkylation sites (tertiary alicyclic amines) is 1. The van der Waals surface area contributed by atoms with Crippen molar-refractivity contribution >= 4 is 28.9 Å². The van der Waals surface area contributed by atoms with Gasteiger partial charge in [0, 0.05) is 53.6 Å². The summed E-state index contributed by atoms with van der Waals surface area (Å²) in [5.41, 5.74) is 3.42. The van der Waals surface area contributed by atoms with Gasteiger partial charge in [0.25, 0.3) is 11.6 Å². The average molecular weight is 464 g/mol. The monoisotopic (exact) mass is 463 g/mol. The van der Waals surface area contributed by atoms with Crippen LogP contribution in [0, 0.1) is 17.0 Å². The van der Waals surface area contributed by atoms with E-state index in [0.717, 1.165) is 37.2 Å². The Balaban J connectivity index is 1.53. The van der Waals surface area contributed by atoms with Crippen molar-refractivity contribution in [1.29, 1.82) is 0 Å². The number of amides is 1. The summed E-state index contributed by atoms with van der Waals surface area (Å²) in [6.45, 7) is 4.05. The smallest absolute Gasteiger partial charge is 0.273 e. The highest BCUT2D eigenvalue weighted by molar-refractivity contribution is 6.31. The Morgan fingerprint density at radius 1 is 1.06 bits per heavy atom. The number of nitro benzene ring substituents is 1. The van der Waals surface area contributed by atoms with Crippen LogP contribution in [0.25, 0.3) is 0 Å². The van der Waals surface area contributed by atoms with Crippen LogP contribution >= 0.6 is 11.6 Å². The van der Waals surface area contributed by atoms with Gasteiger partial charge in [0.15, 0.2) is 0 Å². The predicted molar refractivity (Wildman–Crippen MR) is 131 cm³/mol. The molecule has 0 radical (unpaired) electrons. The molecule has 170 valence electrons. The molecule has 0 spiro atoms. The second-order valence-electron chi connectivity index (χ2n) is 8.41. The van der Waals surface area contributed by atoms with Crippen LogP contribution in [-0.4, -0.2) is 34.9 Å². The number of nitro groups is 1. The molecule has 0 aliphatic carbocycles. The zero-order valence-corrected chi connectivity index (χ0v) is 19.2. The lowest BCUT2D eigenvalue weighted by molar-refractivity contribution is -0.385. The summed E-state index contributed by atoms with van der Waals surface area (Å²) in [4.78, 5) is 28.7. The number of piperidine rings is 1. The molecule has 6 nitrogen and oxygen atoms in total. The Labute approximate surface area is 198 Å². The molecule has 0 bridgehead atoms. The number of nitrogens with zero attached hydrogens (tertiary/aromatic N) is 3. The molecule has 0 atom stereocenters. The van der Waals surface area contributed by atoms with E-state index in [1.165, 1.54) is 0 Å². The van der Waals surface area contributed by atoms with E-state index in [9.17, 15) is 14.9 Å². The molecule has 0 aromatic heterocycles. The third kappa shape index (κ3) is 5.41. The lowest BCUT2D eigenvalue weighted by atomic mass is 9.99. The first-order valence-electron chi connectivity index (χ1n) is 11.0. The molecule has 0 saturated carbocycles. The standard InChI is InChI=1S/C26H26ClN3O3/c1-19-9-11-23(12-10-19)29(26(31)20-6-4-7-22(27)17-20)24-13-15-28(16-14-24)18-21-5-2-3-8-25(21)30(32)33/h2-12,17,24H,13-16,18H2,1H3. The Morgan fingerprint density at radius 2 is 1.76 bits per heavy atom. The van der Waals surface area contributed by atoms with Crippen molar-refractivity contribution < 1.29 is 9.72 Å². The van der Waals surface area contributed by atoms with E-state index >= 15 is 0 Å². The topological polar surface area (TPSA) is 66.7 Å². The van der Waals surface area contributed by atoms with Crippen LogP contribution in [-0.2, 0) is 6.54 Å². The molecule has 7 heteroatoms. The molecule has 4 rings (SSSR count). The first-order valence-corrected chi connectivity index (χ1v) is 11.4. The maximum atomic E-state index is 13.6. The van der Waals surface area contributed by atoms with E-state index in [0.29, 0.717) is 22.7 Å². The molecule has 1 heterocycles. The molecule has 1 fully saturated rings. The number of carbonyl (C=O) groups excluding carboxylic acids is 1. The van der Waals surface area contributed by atoms with Gasteiger partial charge in [0.1, 0.15) is 0 Å². The lowest BCUT2D eigenvalue weighted by Gasteiger charge is -2.38. The Hall–Kier alpha value is -3.22. The van der Waals surface area contributed by atoms with Crippen molar-refractivity contribution in [2.24, 2.45) is 0 Å². The largest absolute Gasteiger partial charge is 0.305 e. The van der Waals surface area contributed by atoms with Gasteiger partial charge in [-0.2, -0.15) is 0 Å². The predicted octanol–water partition coefficient (Wildman–Crippen LogP) is 5.87. The summed E-state index contributed by atoms with van der Waals surface area (Å²) < 4.78 is 0. The number of aryl methyl sites for hydroxylation is 1. The normalized spacial score (nSPS) is 14.7. The molecule has 0 unspecified atom stereocenters. The van der Waals surface area contributed by atoms with Crippen LogP contribution in [0.15, 0.2) is 72.8 Å². The van der Waals surface area contributed by atoms with E-state index in [4.69, 9.17) is 11.6 Å². The van der Waals surface area contributed by atoms with Crippen LogP contribution < -0.4 is 4.90 Å².